The molecule has 8 heteroatoms. The Morgan fingerprint density at radius 2 is 2.00 bits per heavy atom. The monoisotopic (exact) mass is 483 g/mol. The van der Waals surface area contributed by atoms with Crippen LogP contribution < -0.4 is 4.74 Å². The lowest BCUT2D eigenvalue weighted by atomic mass is 9.94. The van der Waals surface area contributed by atoms with Crippen molar-refractivity contribution in [1.82, 2.24) is 0 Å². The molecule has 0 saturated heterocycles. The van der Waals surface area contributed by atoms with Gasteiger partial charge in [0, 0.05) is 11.3 Å². The highest BCUT2D eigenvalue weighted by atomic mass is 79.9. The minimum atomic E-state index is -1.00. The summed E-state index contributed by atoms with van der Waals surface area (Å²) in [4.78, 5) is 11.6. The molecule has 0 saturated carbocycles. The SMILES string of the molecule is CC1(C)OC(=CC(C#N)C#N)C(C#N)=C1C=Cc1ccc(OC(=O)CCS)c(Br)c1. The highest BCUT2D eigenvalue weighted by molar-refractivity contribution is 9.10. The molecule has 0 aromatic heterocycles. The molecular weight excluding hydrogens is 466 g/mol. The van der Waals surface area contributed by atoms with Gasteiger partial charge >= 0.3 is 5.97 Å². The van der Waals surface area contributed by atoms with Crippen molar-refractivity contribution >= 4 is 40.6 Å². The molecule has 1 aromatic carbocycles. The van der Waals surface area contributed by atoms with Crippen molar-refractivity contribution in [1.29, 1.82) is 15.8 Å². The average molecular weight is 484 g/mol. The first kappa shape index (κ1) is 23.3. The maximum absolute atomic E-state index is 11.6. The number of rotatable bonds is 6. The van der Waals surface area contributed by atoms with Crippen LogP contribution in [0.1, 0.15) is 25.8 Å². The van der Waals surface area contributed by atoms with Gasteiger partial charge in [-0.2, -0.15) is 28.4 Å². The van der Waals surface area contributed by atoms with Crippen LogP contribution in [0.3, 0.4) is 0 Å². The number of hydrogen-bond donors (Lipinski definition) is 1. The second kappa shape index (κ2) is 10.2. The van der Waals surface area contributed by atoms with Gasteiger partial charge < -0.3 is 9.47 Å². The second-order valence-corrected chi connectivity index (χ2v) is 8.05. The Morgan fingerprint density at radius 3 is 2.57 bits per heavy atom. The van der Waals surface area contributed by atoms with Gasteiger partial charge in [0.15, 0.2) is 5.92 Å². The number of nitriles is 3. The number of esters is 1. The fourth-order valence-corrected chi connectivity index (χ4v) is 3.39. The lowest BCUT2D eigenvalue weighted by Gasteiger charge is -2.20. The Balaban J connectivity index is 2.34. The third-order valence-corrected chi connectivity index (χ3v) is 5.02. The standard InChI is InChI=1S/C22H18BrN3O3S/c1-22(2)17(16(13-26)20(29-22)10-15(11-24)12-25)5-3-14-4-6-19(18(23)9-14)28-21(27)7-8-30/h3-6,9-10,15,30H,7-8H2,1-2H3. The molecule has 2 rings (SSSR count). The van der Waals surface area contributed by atoms with E-state index in [-0.39, 0.29) is 23.7 Å². The third kappa shape index (κ3) is 5.54. The van der Waals surface area contributed by atoms with Gasteiger partial charge in [0.2, 0.25) is 0 Å². The lowest BCUT2D eigenvalue weighted by Crippen LogP contribution is -2.20. The summed E-state index contributed by atoms with van der Waals surface area (Å²) in [6, 6.07) is 11.0. The fourth-order valence-electron chi connectivity index (χ4n) is 2.73. The first-order chi connectivity index (χ1) is 14.2. The van der Waals surface area contributed by atoms with E-state index in [1.165, 1.54) is 6.08 Å². The number of allylic oxidation sites excluding steroid dienone is 2. The van der Waals surface area contributed by atoms with Crippen molar-refractivity contribution in [2.24, 2.45) is 5.92 Å². The predicted molar refractivity (Wildman–Crippen MR) is 118 cm³/mol. The maximum Gasteiger partial charge on any atom is 0.312 e. The summed E-state index contributed by atoms with van der Waals surface area (Å²) >= 11 is 7.40. The molecule has 0 aliphatic carbocycles. The molecule has 0 radical (unpaired) electrons. The van der Waals surface area contributed by atoms with Gasteiger partial charge in [-0.15, -0.1) is 0 Å². The highest BCUT2D eigenvalue weighted by Gasteiger charge is 2.37. The van der Waals surface area contributed by atoms with E-state index in [1.54, 1.807) is 44.2 Å². The van der Waals surface area contributed by atoms with Crippen LogP contribution in [0.2, 0.25) is 0 Å². The van der Waals surface area contributed by atoms with E-state index < -0.39 is 11.5 Å². The summed E-state index contributed by atoms with van der Waals surface area (Å²) in [7, 11) is 0. The van der Waals surface area contributed by atoms with Gasteiger partial charge in [0.25, 0.3) is 0 Å². The molecule has 1 aromatic rings. The van der Waals surface area contributed by atoms with Gasteiger partial charge in [-0.1, -0.05) is 18.2 Å². The summed E-state index contributed by atoms with van der Waals surface area (Å²) in [5, 5.41) is 27.6. The van der Waals surface area contributed by atoms with Gasteiger partial charge in [0.05, 0.1) is 23.0 Å². The zero-order chi connectivity index (χ0) is 22.3. The van der Waals surface area contributed by atoms with Gasteiger partial charge in [-0.3, -0.25) is 4.79 Å². The molecule has 0 amide bonds. The van der Waals surface area contributed by atoms with E-state index >= 15 is 0 Å². The van der Waals surface area contributed by atoms with E-state index in [9.17, 15) is 10.1 Å². The summed E-state index contributed by atoms with van der Waals surface area (Å²) in [5.41, 5.74) is 0.915. The molecule has 6 nitrogen and oxygen atoms in total. The average Bonchev–Trinajstić information content (AvgIpc) is 2.95. The third-order valence-electron chi connectivity index (χ3n) is 4.18. The first-order valence-electron chi connectivity index (χ1n) is 8.90. The van der Waals surface area contributed by atoms with E-state index in [2.05, 4.69) is 34.6 Å². The van der Waals surface area contributed by atoms with Crippen LogP contribution in [0.5, 0.6) is 5.75 Å². The molecule has 30 heavy (non-hydrogen) atoms. The number of benzene rings is 1. The van der Waals surface area contributed by atoms with E-state index in [0.29, 0.717) is 21.5 Å². The second-order valence-electron chi connectivity index (χ2n) is 6.75. The Kier molecular flexibility index (Phi) is 7.89. The van der Waals surface area contributed by atoms with Crippen LogP contribution in [0, 0.1) is 39.9 Å². The summed E-state index contributed by atoms with van der Waals surface area (Å²) < 4.78 is 11.7. The van der Waals surface area contributed by atoms with Crippen LogP contribution in [0.4, 0.5) is 0 Å². The molecule has 0 unspecified atom stereocenters. The molecule has 0 bridgehead atoms. The number of nitrogens with zero attached hydrogens (tertiary/aromatic N) is 3. The van der Waals surface area contributed by atoms with Crippen LogP contribution in [0.25, 0.3) is 6.08 Å². The Hall–Kier alpha value is -2.99. The lowest BCUT2D eigenvalue weighted by molar-refractivity contribution is -0.133. The van der Waals surface area contributed by atoms with Crippen LogP contribution in [0.15, 0.2) is 51.7 Å². The van der Waals surface area contributed by atoms with Crippen LogP contribution >= 0.6 is 28.6 Å². The van der Waals surface area contributed by atoms with Crippen molar-refractivity contribution in [3.05, 3.63) is 57.3 Å². The summed E-state index contributed by atoms with van der Waals surface area (Å²) in [6.07, 6.45) is 5.13. The van der Waals surface area contributed by atoms with Crippen LogP contribution in [-0.2, 0) is 9.53 Å². The zero-order valence-corrected chi connectivity index (χ0v) is 18.8. The summed E-state index contributed by atoms with van der Waals surface area (Å²) in [5.74, 6) is -0.329. The maximum atomic E-state index is 11.6. The van der Waals surface area contributed by atoms with Crippen LogP contribution in [-0.4, -0.2) is 17.3 Å². The van der Waals surface area contributed by atoms with Gasteiger partial charge in [-0.05, 0) is 53.5 Å². The summed E-state index contributed by atoms with van der Waals surface area (Å²) in [6.45, 7) is 3.61. The predicted octanol–water partition coefficient (Wildman–Crippen LogP) is 4.86. The van der Waals surface area contributed by atoms with Crippen molar-refractivity contribution in [3.63, 3.8) is 0 Å². The molecule has 1 aliphatic rings. The molecule has 0 spiro atoms. The van der Waals surface area contributed by atoms with E-state index in [1.807, 2.05) is 12.1 Å². The topological polar surface area (TPSA) is 107 Å². The highest BCUT2D eigenvalue weighted by Crippen LogP contribution is 2.39. The number of hydrogen-bond acceptors (Lipinski definition) is 7. The Labute approximate surface area is 189 Å². The molecule has 0 atom stereocenters. The van der Waals surface area contributed by atoms with Gasteiger partial charge in [0.1, 0.15) is 28.8 Å². The quantitative estimate of drug-likeness (QED) is 0.351. The number of halogens is 1. The number of carbonyl (C=O) groups excluding carboxylic acids is 1. The number of thiol groups is 1. The largest absolute Gasteiger partial charge is 0.482 e. The normalized spacial score (nSPS) is 16.3. The van der Waals surface area contributed by atoms with E-state index in [4.69, 9.17) is 20.0 Å². The minimum Gasteiger partial charge on any atom is -0.482 e. The molecule has 1 aliphatic heterocycles. The zero-order valence-electron chi connectivity index (χ0n) is 16.3. The van der Waals surface area contributed by atoms with Crippen molar-refractivity contribution in [2.45, 2.75) is 25.9 Å². The Bertz CT molecular complexity index is 1050. The van der Waals surface area contributed by atoms with Gasteiger partial charge in [-0.25, -0.2) is 0 Å². The number of carbonyl (C=O) groups is 1. The molecule has 152 valence electrons. The van der Waals surface area contributed by atoms with Crippen molar-refractivity contribution < 1.29 is 14.3 Å². The number of ether oxygens (including phenoxy) is 2. The molecule has 0 N–H and O–H groups in total. The molecular formula is C22H18BrN3O3S. The first-order valence-corrected chi connectivity index (χ1v) is 10.3. The fraction of sp³-hybridized carbons (Fsp3) is 0.273. The van der Waals surface area contributed by atoms with E-state index in [0.717, 1.165) is 5.56 Å². The van der Waals surface area contributed by atoms with Crippen molar-refractivity contribution in [2.75, 3.05) is 5.75 Å². The minimum absolute atomic E-state index is 0.214. The Morgan fingerprint density at radius 1 is 1.30 bits per heavy atom. The molecule has 1 heterocycles. The molecule has 0 fully saturated rings. The smallest absolute Gasteiger partial charge is 0.312 e. The van der Waals surface area contributed by atoms with Crippen molar-refractivity contribution in [3.8, 4) is 24.0 Å².